The maximum absolute atomic E-state index is 15.6. The molecule has 6 nitrogen and oxygen atoms in total. The van der Waals surface area contributed by atoms with Gasteiger partial charge in [-0.15, -0.1) is 0 Å². The molecule has 1 aliphatic heterocycles. The van der Waals surface area contributed by atoms with Crippen molar-refractivity contribution in [3.05, 3.63) is 46.7 Å². The minimum absolute atomic E-state index is 0.0190. The van der Waals surface area contributed by atoms with Gasteiger partial charge in [-0.3, -0.25) is 4.79 Å². The lowest BCUT2D eigenvalue weighted by molar-refractivity contribution is -0.134. The van der Waals surface area contributed by atoms with E-state index in [2.05, 4.69) is 9.97 Å². The minimum Gasteiger partial charge on any atom is -0.507 e. The molecule has 0 radical (unpaired) electrons. The zero-order chi connectivity index (χ0) is 23.2. The number of hydrogen-bond donors (Lipinski definition) is 1. The van der Waals surface area contributed by atoms with Crippen molar-refractivity contribution >= 4 is 34.2 Å². The van der Waals surface area contributed by atoms with E-state index in [1.54, 1.807) is 11.8 Å². The van der Waals surface area contributed by atoms with E-state index < -0.39 is 17.4 Å². The first kappa shape index (κ1) is 22.2. The number of carbonyl (C=O) groups is 1. The normalized spacial score (nSPS) is 14.5. The number of fused-ring (bicyclic) bond motifs is 1. The number of phenols is 1. The number of phenolic OH excluding ortho intramolecular Hbond substituents is 1. The summed E-state index contributed by atoms with van der Waals surface area (Å²) in [5.41, 5.74) is -0.0672. The van der Waals surface area contributed by atoms with Crippen molar-refractivity contribution in [3.63, 3.8) is 0 Å². The van der Waals surface area contributed by atoms with Crippen LogP contribution in [0.4, 0.5) is 14.6 Å². The Morgan fingerprint density at radius 1 is 1.09 bits per heavy atom. The fourth-order valence-corrected chi connectivity index (χ4v) is 4.36. The third-order valence-corrected chi connectivity index (χ3v) is 5.95. The molecule has 1 saturated heterocycles. The Kier molecular flexibility index (Phi) is 5.90. The predicted octanol–water partition coefficient (Wildman–Crippen LogP) is 4.55. The molecule has 0 unspecified atom stereocenters. The number of piperazine rings is 1. The fraction of sp³-hybridized carbons (Fsp3) is 0.348. The van der Waals surface area contributed by atoms with E-state index >= 15 is 4.39 Å². The maximum Gasteiger partial charge on any atom is 0.225 e. The van der Waals surface area contributed by atoms with Crippen LogP contribution in [-0.2, 0) is 4.79 Å². The van der Waals surface area contributed by atoms with Crippen LogP contribution in [0.1, 0.15) is 19.4 Å². The lowest BCUT2D eigenvalue weighted by Crippen LogP contribution is -2.50. The van der Waals surface area contributed by atoms with Crippen molar-refractivity contribution in [2.45, 2.75) is 20.8 Å². The Morgan fingerprint density at radius 3 is 2.41 bits per heavy atom. The Hall–Kier alpha value is -3.00. The van der Waals surface area contributed by atoms with Gasteiger partial charge in [0.2, 0.25) is 5.91 Å². The van der Waals surface area contributed by atoms with Crippen LogP contribution in [-0.4, -0.2) is 52.1 Å². The topological polar surface area (TPSA) is 69.6 Å². The number of anilines is 1. The van der Waals surface area contributed by atoms with Gasteiger partial charge in [-0.2, -0.15) is 0 Å². The Labute approximate surface area is 189 Å². The number of aromatic nitrogens is 2. The number of nitrogens with zero attached hydrogens (tertiary/aromatic N) is 4. The summed E-state index contributed by atoms with van der Waals surface area (Å²) in [6.45, 7) is 7.46. The van der Waals surface area contributed by atoms with Crippen LogP contribution in [0.15, 0.2) is 24.5 Å². The third-order valence-electron chi connectivity index (χ3n) is 5.65. The van der Waals surface area contributed by atoms with E-state index in [1.165, 1.54) is 24.5 Å². The zero-order valence-corrected chi connectivity index (χ0v) is 18.7. The Morgan fingerprint density at radius 2 is 1.78 bits per heavy atom. The third kappa shape index (κ3) is 3.83. The standard InChI is InChI=1S/C23H23ClF2N4O2/c1-12(2)23(32)30-6-4-29(5-7-30)22-14-10-15(24)18(20(26)21(14)27-11-28-22)19-16(25)8-13(3)9-17(19)31/h8-12,31H,4-7H2,1-3H3. The maximum atomic E-state index is 15.6. The molecular weight excluding hydrogens is 438 g/mol. The highest BCUT2D eigenvalue weighted by Gasteiger charge is 2.27. The Bertz CT molecular complexity index is 1190. The fourth-order valence-electron chi connectivity index (χ4n) is 4.07. The molecule has 168 valence electrons. The lowest BCUT2D eigenvalue weighted by atomic mass is 9.99. The quantitative estimate of drug-likeness (QED) is 0.621. The molecular formula is C23H23ClF2N4O2. The number of benzene rings is 2. The molecule has 0 saturated carbocycles. The molecule has 1 amide bonds. The number of rotatable bonds is 3. The molecule has 4 rings (SSSR count). The second-order valence-corrected chi connectivity index (χ2v) is 8.66. The van der Waals surface area contributed by atoms with Gasteiger partial charge in [0.15, 0.2) is 5.82 Å². The highest BCUT2D eigenvalue weighted by Crippen LogP contribution is 2.42. The van der Waals surface area contributed by atoms with E-state index in [4.69, 9.17) is 11.6 Å². The minimum atomic E-state index is -0.831. The first-order chi connectivity index (χ1) is 15.2. The molecule has 1 fully saturated rings. The number of aryl methyl sites for hydroxylation is 1. The molecule has 0 aliphatic carbocycles. The largest absolute Gasteiger partial charge is 0.507 e. The van der Waals surface area contributed by atoms with Crippen LogP contribution in [0.3, 0.4) is 0 Å². The smallest absolute Gasteiger partial charge is 0.225 e. The summed E-state index contributed by atoms with van der Waals surface area (Å²) in [5, 5.41) is 10.6. The monoisotopic (exact) mass is 460 g/mol. The summed E-state index contributed by atoms with van der Waals surface area (Å²) >= 11 is 6.39. The van der Waals surface area contributed by atoms with Gasteiger partial charge >= 0.3 is 0 Å². The van der Waals surface area contributed by atoms with Crippen molar-refractivity contribution in [3.8, 4) is 16.9 Å². The van der Waals surface area contributed by atoms with Gasteiger partial charge in [0.25, 0.3) is 0 Å². The van der Waals surface area contributed by atoms with E-state index in [-0.39, 0.29) is 33.5 Å². The molecule has 0 bridgehead atoms. The van der Waals surface area contributed by atoms with Crippen LogP contribution in [0.2, 0.25) is 5.02 Å². The van der Waals surface area contributed by atoms with E-state index in [1.807, 2.05) is 18.7 Å². The van der Waals surface area contributed by atoms with Crippen molar-refractivity contribution < 1.29 is 18.7 Å². The first-order valence-corrected chi connectivity index (χ1v) is 10.7. The van der Waals surface area contributed by atoms with E-state index in [0.29, 0.717) is 42.9 Å². The molecule has 1 aliphatic rings. The molecule has 1 N–H and O–H groups in total. The van der Waals surface area contributed by atoms with Crippen LogP contribution in [0.25, 0.3) is 22.0 Å². The highest BCUT2D eigenvalue weighted by molar-refractivity contribution is 6.34. The summed E-state index contributed by atoms with van der Waals surface area (Å²) in [6, 6.07) is 4.05. The van der Waals surface area contributed by atoms with Gasteiger partial charge in [0.05, 0.1) is 10.6 Å². The highest BCUT2D eigenvalue weighted by atomic mass is 35.5. The second kappa shape index (κ2) is 8.50. The van der Waals surface area contributed by atoms with Gasteiger partial charge in [-0.05, 0) is 30.7 Å². The van der Waals surface area contributed by atoms with Crippen LogP contribution >= 0.6 is 11.6 Å². The number of amides is 1. The average molecular weight is 461 g/mol. The summed E-state index contributed by atoms with van der Waals surface area (Å²) in [4.78, 5) is 24.4. The van der Waals surface area contributed by atoms with Gasteiger partial charge in [0.1, 0.15) is 29.2 Å². The van der Waals surface area contributed by atoms with Crippen LogP contribution in [0.5, 0.6) is 5.75 Å². The van der Waals surface area contributed by atoms with Gasteiger partial charge < -0.3 is 14.9 Å². The van der Waals surface area contributed by atoms with Crippen molar-refractivity contribution in [1.82, 2.24) is 14.9 Å². The predicted molar refractivity (Wildman–Crippen MR) is 120 cm³/mol. The van der Waals surface area contributed by atoms with Crippen LogP contribution < -0.4 is 4.90 Å². The molecule has 0 spiro atoms. The van der Waals surface area contributed by atoms with Crippen LogP contribution in [0, 0.1) is 24.5 Å². The van der Waals surface area contributed by atoms with Crippen molar-refractivity contribution in [2.24, 2.45) is 5.92 Å². The molecule has 2 heterocycles. The van der Waals surface area contributed by atoms with E-state index in [0.717, 1.165) is 0 Å². The second-order valence-electron chi connectivity index (χ2n) is 8.25. The van der Waals surface area contributed by atoms with Gasteiger partial charge in [-0.25, -0.2) is 18.7 Å². The molecule has 0 atom stereocenters. The Balaban J connectivity index is 1.76. The average Bonchev–Trinajstić information content (AvgIpc) is 2.74. The SMILES string of the molecule is Cc1cc(O)c(-c2c(Cl)cc3c(N4CCN(C(=O)C(C)C)CC4)ncnc3c2F)c(F)c1. The number of hydrogen-bond acceptors (Lipinski definition) is 5. The lowest BCUT2D eigenvalue weighted by Gasteiger charge is -2.36. The van der Waals surface area contributed by atoms with Gasteiger partial charge in [-0.1, -0.05) is 25.4 Å². The number of halogens is 3. The zero-order valence-electron chi connectivity index (χ0n) is 18.0. The number of aromatic hydroxyl groups is 1. The summed E-state index contributed by atoms with van der Waals surface area (Å²) < 4.78 is 30.2. The molecule has 1 aromatic heterocycles. The van der Waals surface area contributed by atoms with E-state index in [9.17, 15) is 14.3 Å². The van der Waals surface area contributed by atoms with Crippen molar-refractivity contribution in [1.29, 1.82) is 0 Å². The van der Waals surface area contributed by atoms with Crippen molar-refractivity contribution in [2.75, 3.05) is 31.1 Å². The molecule has 2 aromatic carbocycles. The molecule has 9 heteroatoms. The summed E-state index contributed by atoms with van der Waals surface area (Å²) in [5.74, 6) is -1.50. The first-order valence-electron chi connectivity index (χ1n) is 10.3. The van der Waals surface area contributed by atoms with Gasteiger partial charge in [0, 0.05) is 43.0 Å². The number of carbonyl (C=O) groups excluding carboxylic acids is 1. The summed E-state index contributed by atoms with van der Waals surface area (Å²) in [6.07, 6.45) is 1.25. The molecule has 3 aromatic rings. The molecule has 32 heavy (non-hydrogen) atoms. The summed E-state index contributed by atoms with van der Waals surface area (Å²) in [7, 11) is 0.